The Hall–Kier alpha value is -10.1. The number of ether oxygens (including phenoxy) is 3. The Bertz CT molecular complexity index is 4330. The van der Waals surface area contributed by atoms with Crippen molar-refractivity contribution in [1.82, 2.24) is 49.8 Å². The molecule has 0 saturated carbocycles. The van der Waals surface area contributed by atoms with Gasteiger partial charge in [0.25, 0.3) is 17.7 Å². The third-order valence-corrected chi connectivity index (χ3v) is 18.1. The molecule has 0 saturated heterocycles. The predicted octanol–water partition coefficient (Wildman–Crippen LogP) is 18.4. The minimum Gasteiger partial charge on any atom is -0.477 e. The number of rotatable bonds is 21. The molecule has 0 aliphatic carbocycles. The number of aromatic nitrogens is 10. The summed E-state index contributed by atoms with van der Waals surface area (Å²) in [5, 5.41) is 17.9. The maximum absolute atomic E-state index is 12.4. The second kappa shape index (κ2) is 34.5. The van der Waals surface area contributed by atoms with E-state index in [-0.39, 0.29) is 25.1 Å². The fourth-order valence-corrected chi connectivity index (χ4v) is 13.7. The first-order chi connectivity index (χ1) is 46.5. The SMILES string of the molecule is C.CCCOc1cnc(Oc2cc(C)c(-c3csc(NC(=O)c4ccccc4)n3)c(C)c2)cn1.CCCOc1cnc(Sc2cc(C)c(-c3csc(NC(=O)c4ccccc4)n3)c(C)c2)cn1.Cc1cnc(Sc2cc(C)c(-c3csc(NC(=O)c4ccncc4)n3)c(C)c2)cn1. The van der Waals surface area contributed by atoms with E-state index in [4.69, 9.17) is 14.2 Å². The highest BCUT2D eigenvalue weighted by Gasteiger charge is 2.19. The molecule has 7 aromatic heterocycles. The molecule has 7 heterocycles. The molecule has 3 N–H and O–H groups in total. The molecule has 3 amide bonds. The van der Waals surface area contributed by atoms with Gasteiger partial charge in [0.2, 0.25) is 17.6 Å². The zero-order valence-electron chi connectivity index (χ0n) is 54.0. The Morgan fingerprint density at radius 1 is 0.433 bits per heavy atom. The van der Waals surface area contributed by atoms with E-state index in [9.17, 15) is 14.4 Å². The topological polar surface area (TPSA) is 244 Å². The Balaban J connectivity index is 0.000000170. The minimum atomic E-state index is -0.197. The number of pyridine rings is 1. The number of hydrogen-bond acceptors (Lipinski definition) is 21. The molecule has 5 aromatic carbocycles. The van der Waals surface area contributed by atoms with Crippen molar-refractivity contribution in [3.63, 3.8) is 0 Å². The molecule has 0 aliphatic heterocycles. The monoisotopic (exact) mass is 1390 g/mol. The zero-order valence-corrected chi connectivity index (χ0v) is 58.1. The fraction of sp³-hybridized carbons (Fsp3) is 0.192. The summed E-state index contributed by atoms with van der Waals surface area (Å²) < 4.78 is 16.8. The summed E-state index contributed by atoms with van der Waals surface area (Å²) in [6.07, 6.45) is 15.1. The zero-order chi connectivity index (χ0) is 67.5. The van der Waals surface area contributed by atoms with E-state index in [1.165, 1.54) is 34.0 Å². The van der Waals surface area contributed by atoms with Gasteiger partial charge in [0, 0.05) is 77.9 Å². The molecular weight excluding hydrogens is 1320 g/mol. The van der Waals surface area contributed by atoms with Crippen LogP contribution in [0.5, 0.6) is 23.4 Å². The number of nitrogens with one attached hydrogen (secondary N) is 3. The number of anilines is 3. The maximum atomic E-state index is 12.4. The number of hydrogen-bond donors (Lipinski definition) is 3. The first kappa shape index (κ1) is 71.2. The van der Waals surface area contributed by atoms with Crippen molar-refractivity contribution in [3.05, 3.63) is 231 Å². The number of nitrogens with zero attached hydrogens (tertiary/aromatic N) is 10. The van der Waals surface area contributed by atoms with E-state index >= 15 is 0 Å². The van der Waals surface area contributed by atoms with Crippen LogP contribution in [0.15, 0.2) is 195 Å². The van der Waals surface area contributed by atoms with Gasteiger partial charge in [-0.15, -0.1) is 34.0 Å². The number of benzene rings is 5. The van der Waals surface area contributed by atoms with Crippen LogP contribution in [-0.2, 0) is 0 Å². The van der Waals surface area contributed by atoms with E-state index in [2.05, 4.69) is 125 Å². The van der Waals surface area contributed by atoms with Gasteiger partial charge in [-0.05, 0) is 167 Å². The first-order valence-electron chi connectivity index (χ1n) is 30.4. The molecule has 12 aromatic rings. The summed E-state index contributed by atoms with van der Waals surface area (Å²) in [6, 6.07) is 33.9. The van der Waals surface area contributed by atoms with Crippen LogP contribution in [0.1, 0.15) is 104 Å². The average molecular weight is 1390 g/mol. The summed E-state index contributed by atoms with van der Waals surface area (Å²) in [7, 11) is 0. The van der Waals surface area contributed by atoms with Gasteiger partial charge >= 0.3 is 0 Å². The van der Waals surface area contributed by atoms with E-state index in [1.807, 2.05) is 92.4 Å². The Labute approximate surface area is 584 Å². The van der Waals surface area contributed by atoms with Crippen molar-refractivity contribution < 1.29 is 28.6 Å². The summed E-state index contributed by atoms with van der Waals surface area (Å²) in [5.74, 6) is 1.54. The third-order valence-electron chi connectivity index (χ3n) is 14.0. The Kier molecular flexibility index (Phi) is 25.3. The van der Waals surface area contributed by atoms with E-state index in [0.717, 1.165) is 106 Å². The quantitative estimate of drug-likeness (QED) is 0.0605. The summed E-state index contributed by atoms with van der Waals surface area (Å²) in [5.41, 5.74) is 14.8. The third kappa shape index (κ3) is 19.8. The predicted molar refractivity (Wildman–Crippen MR) is 390 cm³/mol. The number of thiazole rings is 3. The molecule has 97 heavy (non-hydrogen) atoms. The molecule has 0 bridgehead atoms. The van der Waals surface area contributed by atoms with Gasteiger partial charge in [-0.2, -0.15) is 0 Å². The van der Waals surface area contributed by atoms with Crippen LogP contribution < -0.4 is 30.2 Å². The molecule has 0 fully saturated rings. The smallest absolute Gasteiger partial charge is 0.257 e. The molecular formula is C73H71N13O6S5. The molecule has 12 rings (SSSR count). The van der Waals surface area contributed by atoms with Crippen molar-refractivity contribution in [2.75, 3.05) is 29.2 Å². The lowest BCUT2D eigenvalue weighted by Crippen LogP contribution is -2.11. The van der Waals surface area contributed by atoms with Crippen LogP contribution in [0, 0.1) is 48.5 Å². The van der Waals surface area contributed by atoms with Crippen LogP contribution in [0.3, 0.4) is 0 Å². The van der Waals surface area contributed by atoms with Crippen LogP contribution in [0.2, 0.25) is 0 Å². The van der Waals surface area contributed by atoms with E-state index in [0.29, 0.717) is 68.7 Å². The highest BCUT2D eigenvalue weighted by atomic mass is 32.2. The highest BCUT2D eigenvalue weighted by Crippen LogP contribution is 2.39. The lowest BCUT2D eigenvalue weighted by molar-refractivity contribution is 0.101. The second-order valence-corrected chi connectivity index (χ2v) is 26.4. The van der Waals surface area contributed by atoms with Crippen LogP contribution in [-0.4, -0.2) is 80.8 Å². The summed E-state index contributed by atoms with van der Waals surface area (Å²) >= 11 is 7.37. The van der Waals surface area contributed by atoms with Crippen LogP contribution in [0.25, 0.3) is 33.8 Å². The molecule has 24 heteroatoms. The number of carbonyl (C=O) groups excluding carboxylic acids is 3. The number of amides is 3. The average Bonchev–Trinajstić information content (AvgIpc) is 1.80. The lowest BCUT2D eigenvalue weighted by Gasteiger charge is -2.12. The van der Waals surface area contributed by atoms with Crippen molar-refractivity contribution in [2.45, 2.75) is 102 Å². The van der Waals surface area contributed by atoms with Crippen LogP contribution in [0.4, 0.5) is 15.4 Å². The van der Waals surface area contributed by atoms with Gasteiger partial charge in [0.15, 0.2) is 15.4 Å². The van der Waals surface area contributed by atoms with Gasteiger partial charge in [-0.25, -0.2) is 39.9 Å². The standard InChI is InChI=1S/C25H24N4O3S.C25H24N4O2S2.C22H19N5OS2.CH4/c1-4-10-31-21-13-27-22(14-26-21)32-19-11-16(2)23(17(3)12-19)20-15-33-25(28-20)29-24(30)18-8-6-5-7-9-18;1-4-10-31-21-13-27-22(14-26-21)33-19-11-16(2)23(17(3)12-19)20-15-32-25(28-20)29-24(30)18-8-6-5-7-9-18;1-13-8-17(30-19-11-24-15(3)10-25-19)9-14(2)20(13)18-12-29-22(26-18)27-21(28)16-4-6-23-7-5-16;/h2*5-9,11-15H,4,10H2,1-3H3,(H,28,29,30);4-12H,1-3H3,(H,26,27,28);1H4. The lowest BCUT2D eigenvalue weighted by atomic mass is 10.0. The van der Waals surface area contributed by atoms with Crippen molar-refractivity contribution in [1.29, 1.82) is 0 Å². The van der Waals surface area contributed by atoms with Gasteiger partial charge < -0.3 is 14.2 Å². The van der Waals surface area contributed by atoms with Crippen molar-refractivity contribution >= 4 is 90.7 Å². The normalized spacial score (nSPS) is 10.6. The van der Waals surface area contributed by atoms with Gasteiger partial charge in [-0.1, -0.05) is 81.2 Å². The Morgan fingerprint density at radius 3 is 1.16 bits per heavy atom. The highest BCUT2D eigenvalue weighted by molar-refractivity contribution is 7.99. The number of carbonyl (C=O) groups is 3. The van der Waals surface area contributed by atoms with Crippen LogP contribution >= 0.6 is 57.5 Å². The molecule has 0 spiro atoms. The van der Waals surface area contributed by atoms with Crippen molar-refractivity contribution in [2.24, 2.45) is 0 Å². The molecule has 0 atom stereocenters. The number of aryl methyl sites for hydroxylation is 7. The maximum Gasteiger partial charge on any atom is 0.257 e. The largest absolute Gasteiger partial charge is 0.477 e. The Morgan fingerprint density at radius 2 is 0.794 bits per heavy atom. The molecule has 19 nitrogen and oxygen atoms in total. The van der Waals surface area contributed by atoms with E-state index < -0.39 is 0 Å². The minimum absolute atomic E-state index is 0. The fourth-order valence-electron chi connectivity index (χ4n) is 9.76. The molecule has 0 radical (unpaired) electrons. The second-order valence-electron chi connectivity index (χ2n) is 21.6. The molecule has 494 valence electrons. The first-order valence-corrected chi connectivity index (χ1v) is 34.7. The summed E-state index contributed by atoms with van der Waals surface area (Å²) in [6.45, 7) is 19.5. The molecule has 0 unspecified atom stereocenters. The summed E-state index contributed by atoms with van der Waals surface area (Å²) in [4.78, 5) is 83.2. The van der Waals surface area contributed by atoms with Gasteiger partial charge in [0.1, 0.15) is 15.8 Å². The van der Waals surface area contributed by atoms with E-state index in [1.54, 1.807) is 109 Å². The van der Waals surface area contributed by atoms with Crippen molar-refractivity contribution in [3.8, 4) is 57.2 Å². The van der Waals surface area contributed by atoms with Gasteiger partial charge in [-0.3, -0.25) is 40.3 Å². The van der Waals surface area contributed by atoms with Gasteiger partial charge in [0.05, 0.1) is 67.0 Å². The molecule has 0 aliphatic rings.